The third kappa shape index (κ3) is 1.54. The molecule has 0 N–H and O–H groups in total. The summed E-state index contributed by atoms with van der Waals surface area (Å²) in [6, 6.07) is 9.60. The van der Waals surface area contributed by atoms with Gasteiger partial charge in [0.2, 0.25) is 5.69 Å². The number of rotatable bonds is 1. The lowest BCUT2D eigenvalue weighted by Gasteiger charge is -2.02. The SMILES string of the molecule is C[N+](C)([N+]#N)c1ccccc1. The molecule has 0 heterocycles. The maximum atomic E-state index is 8.64. The molecular formula is C8H11N3+2. The van der Waals surface area contributed by atoms with E-state index in [-0.39, 0.29) is 4.59 Å². The van der Waals surface area contributed by atoms with Crippen molar-refractivity contribution in [2.75, 3.05) is 14.1 Å². The van der Waals surface area contributed by atoms with Crippen LogP contribution >= 0.6 is 0 Å². The maximum Gasteiger partial charge on any atom is 0.403 e. The van der Waals surface area contributed by atoms with Gasteiger partial charge in [-0.1, -0.05) is 18.2 Å². The minimum absolute atomic E-state index is 0.140. The molecule has 0 aliphatic carbocycles. The zero-order chi connectivity index (χ0) is 8.32. The van der Waals surface area contributed by atoms with Gasteiger partial charge in [0.1, 0.15) is 14.1 Å². The van der Waals surface area contributed by atoms with E-state index < -0.39 is 0 Å². The van der Waals surface area contributed by atoms with Crippen LogP contribution in [0.1, 0.15) is 0 Å². The average molecular weight is 149 g/mol. The minimum Gasteiger partial charge on any atom is -0.0618 e. The van der Waals surface area contributed by atoms with Gasteiger partial charge in [0.25, 0.3) is 5.39 Å². The molecule has 11 heavy (non-hydrogen) atoms. The molecule has 56 valence electrons. The van der Waals surface area contributed by atoms with Gasteiger partial charge in [-0.3, -0.25) is 0 Å². The van der Waals surface area contributed by atoms with Crippen molar-refractivity contribution >= 4 is 5.69 Å². The zero-order valence-corrected chi connectivity index (χ0v) is 6.73. The van der Waals surface area contributed by atoms with Crippen LogP contribution in [0.3, 0.4) is 0 Å². The third-order valence-corrected chi connectivity index (χ3v) is 1.61. The zero-order valence-electron chi connectivity index (χ0n) is 6.73. The molecule has 0 fully saturated rings. The molecule has 0 bridgehead atoms. The molecule has 0 aromatic heterocycles. The topological polar surface area (TPSA) is 28.1 Å². The second-order valence-corrected chi connectivity index (χ2v) is 2.82. The Labute approximate surface area is 66.1 Å². The highest BCUT2D eigenvalue weighted by Gasteiger charge is 2.30. The molecule has 1 aromatic carbocycles. The normalized spacial score (nSPS) is 10.6. The molecular weight excluding hydrogens is 138 g/mol. The van der Waals surface area contributed by atoms with Crippen LogP contribution in [0, 0.1) is 5.39 Å². The van der Waals surface area contributed by atoms with Crippen molar-refractivity contribution < 1.29 is 0 Å². The Morgan fingerprint density at radius 1 is 1.18 bits per heavy atom. The van der Waals surface area contributed by atoms with Crippen LogP contribution in [0.5, 0.6) is 0 Å². The van der Waals surface area contributed by atoms with E-state index in [1.165, 1.54) is 0 Å². The fraction of sp³-hybridized carbons (Fsp3) is 0.250. The van der Waals surface area contributed by atoms with E-state index in [9.17, 15) is 0 Å². The predicted octanol–water partition coefficient (Wildman–Crippen LogP) is 2.02. The molecule has 3 heteroatoms. The smallest absolute Gasteiger partial charge is 0.0618 e. The molecule has 0 aliphatic rings. The highest BCUT2D eigenvalue weighted by atomic mass is 15.6. The van der Waals surface area contributed by atoms with Gasteiger partial charge in [0.15, 0.2) is 0 Å². The third-order valence-electron chi connectivity index (χ3n) is 1.61. The number of hydrogen-bond acceptors (Lipinski definition) is 1. The van der Waals surface area contributed by atoms with Crippen molar-refractivity contribution in [3.8, 4) is 0 Å². The van der Waals surface area contributed by atoms with Gasteiger partial charge < -0.3 is 0 Å². The van der Waals surface area contributed by atoms with E-state index in [0.717, 1.165) is 5.69 Å². The van der Waals surface area contributed by atoms with Crippen molar-refractivity contribution in [1.29, 1.82) is 5.39 Å². The molecule has 0 amide bonds. The first-order chi connectivity index (χ1) is 5.17. The van der Waals surface area contributed by atoms with Gasteiger partial charge in [-0.25, -0.2) is 0 Å². The van der Waals surface area contributed by atoms with Crippen LogP contribution in [0.25, 0.3) is 5.08 Å². The van der Waals surface area contributed by atoms with Crippen LogP contribution in [0.15, 0.2) is 30.3 Å². The second-order valence-electron chi connectivity index (χ2n) is 2.82. The van der Waals surface area contributed by atoms with Gasteiger partial charge in [0.05, 0.1) is 4.59 Å². The van der Waals surface area contributed by atoms with Crippen LogP contribution < -0.4 is 4.59 Å². The Hall–Kier alpha value is -1.40. The standard InChI is InChI=1S/C8H11N3/c1-11(2,10-9)8-6-4-3-5-7-8/h3-7H,1-2H3/q+2. The van der Waals surface area contributed by atoms with E-state index in [1.807, 2.05) is 30.3 Å². The van der Waals surface area contributed by atoms with Crippen LogP contribution in [-0.4, -0.2) is 14.1 Å². The molecule has 3 nitrogen and oxygen atoms in total. The number of nitrogens with zero attached hydrogens (tertiary/aromatic N) is 3. The first kappa shape index (κ1) is 7.70. The molecule has 1 rings (SSSR count). The van der Waals surface area contributed by atoms with Gasteiger partial charge in [0, 0.05) is 12.1 Å². The van der Waals surface area contributed by atoms with E-state index in [4.69, 9.17) is 5.39 Å². The largest absolute Gasteiger partial charge is 0.403 e. The van der Waals surface area contributed by atoms with E-state index >= 15 is 0 Å². The summed E-state index contributed by atoms with van der Waals surface area (Å²) in [6.45, 7) is 0. The average Bonchev–Trinajstić information content (AvgIpc) is 2.06. The number of diazo groups is 1. The number of quaternary nitrogens is 1. The van der Waals surface area contributed by atoms with E-state index in [1.54, 1.807) is 14.1 Å². The Morgan fingerprint density at radius 3 is 2.18 bits per heavy atom. The summed E-state index contributed by atoms with van der Waals surface area (Å²) in [5.74, 6) is 0. The molecule has 0 radical (unpaired) electrons. The molecule has 0 saturated heterocycles. The first-order valence-electron chi connectivity index (χ1n) is 3.43. The lowest BCUT2D eigenvalue weighted by Crippen LogP contribution is -2.31. The second kappa shape index (κ2) is 2.69. The lowest BCUT2D eigenvalue weighted by molar-refractivity contribution is 0.520. The Bertz CT molecular complexity index is 271. The van der Waals surface area contributed by atoms with Crippen molar-refractivity contribution in [3.05, 3.63) is 35.4 Å². The highest BCUT2D eigenvalue weighted by Crippen LogP contribution is 2.17. The van der Waals surface area contributed by atoms with E-state index in [0.29, 0.717) is 0 Å². The summed E-state index contributed by atoms with van der Waals surface area (Å²) >= 11 is 0. The summed E-state index contributed by atoms with van der Waals surface area (Å²) in [5, 5.41) is 11.9. The summed E-state index contributed by atoms with van der Waals surface area (Å²) in [7, 11) is 3.60. The molecule has 1 aromatic rings. The summed E-state index contributed by atoms with van der Waals surface area (Å²) in [6.07, 6.45) is 0. The monoisotopic (exact) mass is 149 g/mol. The van der Waals surface area contributed by atoms with Crippen molar-refractivity contribution in [2.45, 2.75) is 0 Å². The van der Waals surface area contributed by atoms with Crippen LogP contribution in [0.4, 0.5) is 5.69 Å². The van der Waals surface area contributed by atoms with Crippen LogP contribution in [0.2, 0.25) is 0 Å². The van der Waals surface area contributed by atoms with Gasteiger partial charge in [-0.15, -0.1) is 0 Å². The number of para-hydroxylation sites is 1. The molecule has 0 saturated carbocycles. The first-order valence-corrected chi connectivity index (χ1v) is 3.43. The predicted molar refractivity (Wildman–Crippen MR) is 45.2 cm³/mol. The van der Waals surface area contributed by atoms with E-state index in [2.05, 4.69) is 5.08 Å². The minimum atomic E-state index is 0.140. The maximum absolute atomic E-state index is 8.64. The fourth-order valence-corrected chi connectivity index (χ4v) is 0.844. The molecule has 0 atom stereocenters. The molecule has 0 unspecified atom stereocenters. The van der Waals surface area contributed by atoms with Crippen molar-refractivity contribution in [1.82, 2.24) is 4.59 Å². The summed E-state index contributed by atoms with van der Waals surface area (Å²) < 4.78 is 0.140. The highest BCUT2D eigenvalue weighted by molar-refractivity contribution is 5.41. The number of benzene rings is 1. The summed E-state index contributed by atoms with van der Waals surface area (Å²) in [5.41, 5.74) is 0.954. The summed E-state index contributed by atoms with van der Waals surface area (Å²) in [4.78, 5) is 0. The Kier molecular flexibility index (Phi) is 1.88. The van der Waals surface area contributed by atoms with Crippen LogP contribution in [-0.2, 0) is 0 Å². The van der Waals surface area contributed by atoms with Gasteiger partial charge in [-0.05, 0) is 0 Å². The Morgan fingerprint density at radius 2 is 1.73 bits per heavy atom. The molecule has 0 spiro atoms. The van der Waals surface area contributed by atoms with Gasteiger partial charge >= 0.3 is 5.08 Å². The fourth-order valence-electron chi connectivity index (χ4n) is 0.844. The lowest BCUT2D eigenvalue weighted by atomic mass is 10.3. The number of hydrogen-bond donors (Lipinski definition) is 0. The molecule has 0 aliphatic heterocycles. The Balaban J connectivity index is 3.05. The van der Waals surface area contributed by atoms with Gasteiger partial charge in [-0.2, -0.15) is 0 Å². The van der Waals surface area contributed by atoms with Crippen molar-refractivity contribution in [3.63, 3.8) is 0 Å². The van der Waals surface area contributed by atoms with Crippen molar-refractivity contribution in [2.24, 2.45) is 0 Å². The quantitative estimate of drug-likeness (QED) is 0.341.